The first-order valence-electron chi connectivity index (χ1n) is 7.10. The van der Waals surface area contributed by atoms with Crippen LogP contribution in [-0.4, -0.2) is 41.9 Å². The molecule has 0 radical (unpaired) electrons. The van der Waals surface area contributed by atoms with Gasteiger partial charge in [-0.2, -0.15) is 11.8 Å². The molecule has 2 rings (SSSR count). The Morgan fingerprint density at radius 3 is 2.86 bits per heavy atom. The fraction of sp³-hybridized carbons (Fsp3) is 0.600. The van der Waals surface area contributed by atoms with Crippen LogP contribution in [0.5, 0.6) is 5.75 Å². The average Bonchev–Trinajstić information content (AvgIpc) is 2.94. The summed E-state index contributed by atoms with van der Waals surface area (Å²) < 4.78 is 5.52. The fourth-order valence-corrected chi connectivity index (χ4v) is 3.54. The highest BCUT2D eigenvalue weighted by Gasteiger charge is 2.23. The molecule has 3 unspecified atom stereocenters. The Morgan fingerprint density at radius 2 is 2.19 bits per heavy atom. The van der Waals surface area contributed by atoms with Gasteiger partial charge in [0.15, 0.2) is 0 Å². The molecule has 1 aliphatic rings. The van der Waals surface area contributed by atoms with Crippen LogP contribution in [0.3, 0.4) is 0 Å². The zero-order valence-electron chi connectivity index (χ0n) is 12.0. The van der Waals surface area contributed by atoms with Crippen molar-refractivity contribution in [1.82, 2.24) is 5.32 Å². The molecule has 0 aromatic heterocycles. The Hall–Kier alpha value is -0.130. The van der Waals surface area contributed by atoms with Crippen molar-refractivity contribution in [3.63, 3.8) is 0 Å². The molecule has 1 aliphatic carbocycles. The van der Waals surface area contributed by atoms with E-state index in [2.05, 4.69) is 11.6 Å². The number of aliphatic hydroxyl groups is 1. The van der Waals surface area contributed by atoms with Crippen LogP contribution in [0, 0.1) is 0 Å². The van der Waals surface area contributed by atoms with E-state index in [0.29, 0.717) is 28.4 Å². The maximum Gasteiger partial charge on any atom is 0.121 e. The lowest BCUT2D eigenvalue weighted by Gasteiger charge is -2.17. The van der Waals surface area contributed by atoms with Crippen LogP contribution >= 0.6 is 35.0 Å². The second kappa shape index (κ2) is 8.49. The summed E-state index contributed by atoms with van der Waals surface area (Å²) in [6.07, 6.45) is 5.25. The highest BCUT2D eigenvalue weighted by molar-refractivity contribution is 7.99. The third-order valence-corrected chi connectivity index (χ3v) is 5.53. The summed E-state index contributed by atoms with van der Waals surface area (Å²) in [5.74, 6) is 0.617. The molecule has 1 saturated carbocycles. The van der Waals surface area contributed by atoms with Crippen LogP contribution in [-0.2, 0) is 0 Å². The van der Waals surface area contributed by atoms with Gasteiger partial charge >= 0.3 is 0 Å². The standard InChI is InChI=1S/C15H21Cl2NO2S/c1-21-13-4-2-10(6-13)18-8-11(19)9-20-12-3-5-14(16)15(17)7-12/h3,5,7,10-11,13,18-19H,2,4,6,8-9H2,1H3. The minimum Gasteiger partial charge on any atom is -0.491 e. The average molecular weight is 350 g/mol. The van der Waals surface area contributed by atoms with E-state index in [1.165, 1.54) is 19.3 Å². The van der Waals surface area contributed by atoms with Gasteiger partial charge in [-0.25, -0.2) is 0 Å². The molecule has 6 heteroatoms. The quantitative estimate of drug-likeness (QED) is 0.788. The molecular formula is C15H21Cl2NO2S. The van der Waals surface area contributed by atoms with Gasteiger partial charge in [0.1, 0.15) is 18.5 Å². The lowest BCUT2D eigenvalue weighted by molar-refractivity contribution is 0.104. The van der Waals surface area contributed by atoms with Crippen molar-refractivity contribution in [2.45, 2.75) is 36.7 Å². The number of ether oxygens (including phenoxy) is 1. The van der Waals surface area contributed by atoms with Crippen molar-refractivity contribution in [3.8, 4) is 5.75 Å². The maximum absolute atomic E-state index is 9.97. The summed E-state index contributed by atoms with van der Waals surface area (Å²) in [7, 11) is 0. The molecule has 1 aromatic carbocycles. The minimum absolute atomic E-state index is 0.240. The molecule has 0 saturated heterocycles. The number of hydrogen-bond donors (Lipinski definition) is 2. The molecule has 0 spiro atoms. The smallest absolute Gasteiger partial charge is 0.121 e. The molecule has 0 heterocycles. The van der Waals surface area contributed by atoms with Gasteiger partial charge in [-0.1, -0.05) is 23.2 Å². The zero-order chi connectivity index (χ0) is 15.2. The van der Waals surface area contributed by atoms with Gasteiger partial charge in [-0.05, 0) is 37.7 Å². The fourth-order valence-electron chi connectivity index (χ4n) is 2.46. The molecule has 1 aromatic rings. The number of halogens is 2. The summed E-state index contributed by atoms with van der Waals surface area (Å²) in [5, 5.41) is 15.1. The van der Waals surface area contributed by atoms with Crippen LogP contribution in [0.1, 0.15) is 19.3 Å². The summed E-state index contributed by atoms with van der Waals surface area (Å²) in [4.78, 5) is 0. The van der Waals surface area contributed by atoms with Gasteiger partial charge in [0.2, 0.25) is 0 Å². The molecule has 0 aliphatic heterocycles. The van der Waals surface area contributed by atoms with E-state index in [0.717, 1.165) is 5.25 Å². The van der Waals surface area contributed by atoms with Crippen molar-refractivity contribution in [1.29, 1.82) is 0 Å². The summed E-state index contributed by atoms with van der Waals surface area (Å²) >= 11 is 13.7. The maximum atomic E-state index is 9.97. The Bertz CT molecular complexity index is 461. The first-order valence-corrected chi connectivity index (χ1v) is 9.15. The molecule has 2 N–H and O–H groups in total. The topological polar surface area (TPSA) is 41.5 Å². The van der Waals surface area contributed by atoms with Crippen molar-refractivity contribution < 1.29 is 9.84 Å². The van der Waals surface area contributed by atoms with Crippen LogP contribution in [0.4, 0.5) is 0 Å². The van der Waals surface area contributed by atoms with Crippen LogP contribution in [0.25, 0.3) is 0 Å². The number of hydrogen-bond acceptors (Lipinski definition) is 4. The van der Waals surface area contributed by atoms with E-state index in [9.17, 15) is 5.11 Å². The van der Waals surface area contributed by atoms with E-state index in [1.807, 2.05) is 11.8 Å². The number of benzene rings is 1. The first-order chi connectivity index (χ1) is 10.1. The number of nitrogens with one attached hydrogen (secondary N) is 1. The normalized spacial score (nSPS) is 23.2. The largest absolute Gasteiger partial charge is 0.491 e. The number of aliphatic hydroxyl groups excluding tert-OH is 1. The van der Waals surface area contributed by atoms with Crippen molar-refractivity contribution in [3.05, 3.63) is 28.2 Å². The van der Waals surface area contributed by atoms with Crippen LogP contribution in [0.15, 0.2) is 18.2 Å². The predicted octanol–water partition coefficient (Wildman–Crippen LogP) is 3.61. The van der Waals surface area contributed by atoms with Gasteiger partial charge < -0.3 is 15.2 Å². The Labute approximate surface area is 140 Å². The van der Waals surface area contributed by atoms with E-state index in [4.69, 9.17) is 27.9 Å². The Kier molecular flexibility index (Phi) is 6.96. The van der Waals surface area contributed by atoms with E-state index >= 15 is 0 Å². The van der Waals surface area contributed by atoms with Gasteiger partial charge in [-0.3, -0.25) is 0 Å². The highest BCUT2D eigenvalue weighted by atomic mass is 35.5. The highest BCUT2D eigenvalue weighted by Crippen LogP contribution is 2.28. The molecule has 0 bridgehead atoms. The number of rotatable bonds is 7. The lowest BCUT2D eigenvalue weighted by atomic mass is 10.2. The van der Waals surface area contributed by atoms with E-state index < -0.39 is 6.10 Å². The Balaban J connectivity index is 1.67. The summed E-state index contributed by atoms with van der Waals surface area (Å²) in [6.45, 7) is 0.788. The zero-order valence-corrected chi connectivity index (χ0v) is 14.3. The predicted molar refractivity (Wildman–Crippen MR) is 90.9 cm³/mol. The third-order valence-electron chi connectivity index (χ3n) is 3.69. The molecule has 0 amide bonds. The molecule has 21 heavy (non-hydrogen) atoms. The molecular weight excluding hydrogens is 329 g/mol. The van der Waals surface area contributed by atoms with Gasteiger partial charge in [0.05, 0.1) is 10.0 Å². The minimum atomic E-state index is -0.534. The molecule has 118 valence electrons. The SMILES string of the molecule is CSC1CCC(NCC(O)COc2ccc(Cl)c(Cl)c2)C1. The monoisotopic (exact) mass is 349 g/mol. The lowest BCUT2D eigenvalue weighted by Crippen LogP contribution is -2.37. The summed E-state index contributed by atoms with van der Waals surface area (Å²) in [6, 6.07) is 5.60. The van der Waals surface area contributed by atoms with E-state index in [-0.39, 0.29) is 6.61 Å². The first kappa shape index (κ1) is 17.2. The molecule has 3 atom stereocenters. The van der Waals surface area contributed by atoms with Gasteiger partial charge in [0.25, 0.3) is 0 Å². The second-order valence-corrected chi connectivity index (χ2v) is 7.27. The van der Waals surface area contributed by atoms with Gasteiger partial charge in [0, 0.05) is 23.9 Å². The van der Waals surface area contributed by atoms with Crippen molar-refractivity contribution in [2.24, 2.45) is 0 Å². The van der Waals surface area contributed by atoms with Crippen molar-refractivity contribution in [2.75, 3.05) is 19.4 Å². The summed E-state index contributed by atoms with van der Waals surface area (Å²) in [5.41, 5.74) is 0. The Morgan fingerprint density at radius 1 is 1.38 bits per heavy atom. The van der Waals surface area contributed by atoms with E-state index in [1.54, 1.807) is 18.2 Å². The second-order valence-electron chi connectivity index (χ2n) is 5.32. The molecule has 1 fully saturated rings. The number of thioether (sulfide) groups is 1. The van der Waals surface area contributed by atoms with Crippen molar-refractivity contribution >= 4 is 35.0 Å². The van der Waals surface area contributed by atoms with Crippen LogP contribution in [0.2, 0.25) is 10.0 Å². The van der Waals surface area contributed by atoms with Gasteiger partial charge in [-0.15, -0.1) is 0 Å². The van der Waals surface area contributed by atoms with Crippen LogP contribution < -0.4 is 10.1 Å². The molecule has 3 nitrogen and oxygen atoms in total. The third kappa shape index (κ3) is 5.53.